The Morgan fingerprint density at radius 3 is 2.82 bits per heavy atom. The maximum Gasteiger partial charge on any atom is 0.252 e. The zero-order chi connectivity index (χ0) is 12.3. The minimum Gasteiger partial charge on any atom is -0.352 e. The van der Waals surface area contributed by atoms with Crippen molar-refractivity contribution in [1.82, 2.24) is 5.32 Å². The molecule has 1 N–H and O–H groups in total. The molecule has 1 fully saturated rings. The lowest BCUT2D eigenvalue weighted by atomic mass is 10.1. The second kappa shape index (κ2) is 5.67. The molecule has 0 spiro atoms. The van der Waals surface area contributed by atoms with Crippen molar-refractivity contribution in [2.75, 3.05) is 6.54 Å². The molecule has 2 nitrogen and oxygen atoms in total. The van der Waals surface area contributed by atoms with Crippen molar-refractivity contribution in [1.29, 1.82) is 0 Å². The van der Waals surface area contributed by atoms with Gasteiger partial charge < -0.3 is 5.32 Å². The molecule has 1 amide bonds. The molecule has 0 aliphatic heterocycles. The van der Waals surface area contributed by atoms with Gasteiger partial charge in [-0.25, -0.2) is 0 Å². The summed E-state index contributed by atoms with van der Waals surface area (Å²) in [7, 11) is 0. The minimum atomic E-state index is 0.0347. The third-order valence-electron chi connectivity index (χ3n) is 3.46. The molecule has 92 valence electrons. The van der Waals surface area contributed by atoms with E-state index in [1.165, 1.54) is 25.7 Å². The van der Waals surface area contributed by atoms with Crippen LogP contribution in [-0.4, -0.2) is 12.5 Å². The summed E-state index contributed by atoms with van der Waals surface area (Å²) in [5.74, 6) is 0.718. The van der Waals surface area contributed by atoms with Crippen molar-refractivity contribution in [3.63, 3.8) is 0 Å². The van der Waals surface area contributed by atoms with Crippen molar-refractivity contribution in [2.45, 2.75) is 32.6 Å². The fourth-order valence-corrected chi connectivity index (χ4v) is 2.81. The summed E-state index contributed by atoms with van der Waals surface area (Å²) in [6.07, 6.45) is 5.15. The number of carbonyl (C=O) groups excluding carboxylic acids is 1. The van der Waals surface area contributed by atoms with Crippen LogP contribution in [0.25, 0.3) is 0 Å². The predicted octanol–water partition coefficient (Wildman–Crippen LogP) is 3.68. The molecular weight excluding hydrogens is 278 g/mol. The van der Waals surface area contributed by atoms with Crippen molar-refractivity contribution in [3.8, 4) is 0 Å². The number of aryl methyl sites for hydroxylation is 1. The van der Waals surface area contributed by atoms with Crippen molar-refractivity contribution < 1.29 is 4.79 Å². The highest BCUT2D eigenvalue weighted by molar-refractivity contribution is 9.10. The van der Waals surface area contributed by atoms with E-state index in [1.54, 1.807) is 0 Å². The lowest BCUT2D eigenvalue weighted by Crippen LogP contribution is -2.28. The Bertz CT molecular complexity index is 411. The van der Waals surface area contributed by atoms with Gasteiger partial charge in [0.25, 0.3) is 5.91 Å². The van der Waals surface area contributed by atoms with Gasteiger partial charge in [0.15, 0.2) is 0 Å². The Morgan fingerprint density at radius 2 is 2.12 bits per heavy atom. The van der Waals surface area contributed by atoms with E-state index in [-0.39, 0.29) is 5.91 Å². The number of hydrogen-bond acceptors (Lipinski definition) is 1. The van der Waals surface area contributed by atoms with Gasteiger partial charge in [0.2, 0.25) is 0 Å². The van der Waals surface area contributed by atoms with Gasteiger partial charge in [-0.3, -0.25) is 4.79 Å². The van der Waals surface area contributed by atoms with Gasteiger partial charge in [-0.15, -0.1) is 0 Å². The molecule has 0 radical (unpaired) electrons. The highest BCUT2D eigenvalue weighted by Crippen LogP contribution is 2.24. The first-order chi connectivity index (χ1) is 8.18. The van der Waals surface area contributed by atoms with Gasteiger partial charge >= 0.3 is 0 Å². The van der Waals surface area contributed by atoms with Gasteiger partial charge in [-0.05, 0) is 53.2 Å². The molecule has 0 atom stereocenters. The number of benzene rings is 1. The molecule has 0 bridgehead atoms. The average Bonchev–Trinajstić information content (AvgIpc) is 2.82. The first kappa shape index (κ1) is 12.6. The number of rotatable bonds is 3. The summed E-state index contributed by atoms with van der Waals surface area (Å²) in [5, 5.41) is 3.04. The van der Waals surface area contributed by atoms with Crippen LogP contribution < -0.4 is 5.32 Å². The molecule has 1 saturated carbocycles. The maximum atomic E-state index is 12.0. The van der Waals surface area contributed by atoms with Crippen molar-refractivity contribution in [2.24, 2.45) is 5.92 Å². The van der Waals surface area contributed by atoms with Crippen LogP contribution in [0.15, 0.2) is 22.7 Å². The summed E-state index contributed by atoms with van der Waals surface area (Å²) in [4.78, 5) is 12.0. The molecule has 17 heavy (non-hydrogen) atoms. The Labute approximate surface area is 111 Å². The third kappa shape index (κ3) is 3.09. The quantitative estimate of drug-likeness (QED) is 0.906. The molecule has 1 aromatic rings. The Kier molecular flexibility index (Phi) is 4.21. The zero-order valence-corrected chi connectivity index (χ0v) is 11.7. The molecule has 1 aromatic carbocycles. The van der Waals surface area contributed by atoms with Crippen LogP contribution in [0.4, 0.5) is 0 Å². The standard InChI is InChI=1S/C14H18BrNO/c1-10-5-4-8-12(13(10)15)14(17)16-9-11-6-2-3-7-11/h4-5,8,11H,2-3,6-7,9H2,1H3,(H,16,17). The fraction of sp³-hybridized carbons (Fsp3) is 0.500. The molecule has 0 aromatic heterocycles. The number of nitrogens with one attached hydrogen (secondary N) is 1. The highest BCUT2D eigenvalue weighted by atomic mass is 79.9. The molecule has 0 saturated heterocycles. The van der Waals surface area contributed by atoms with E-state index in [2.05, 4.69) is 21.2 Å². The van der Waals surface area contributed by atoms with Crippen LogP contribution in [0, 0.1) is 12.8 Å². The van der Waals surface area contributed by atoms with E-state index in [0.29, 0.717) is 5.92 Å². The number of carbonyl (C=O) groups is 1. The summed E-state index contributed by atoms with van der Waals surface area (Å²) in [6.45, 7) is 2.82. The summed E-state index contributed by atoms with van der Waals surface area (Å²) < 4.78 is 0.906. The van der Waals surface area contributed by atoms with E-state index in [1.807, 2.05) is 25.1 Å². The second-order valence-corrected chi connectivity index (χ2v) is 5.59. The first-order valence-electron chi connectivity index (χ1n) is 6.22. The van der Waals surface area contributed by atoms with Crippen molar-refractivity contribution >= 4 is 21.8 Å². The van der Waals surface area contributed by atoms with Crippen LogP contribution >= 0.6 is 15.9 Å². The SMILES string of the molecule is Cc1cccc(C(=O)NCC2CCCC2)c1Br. The largest absolute Gasteiger partial charge is 0.352 e. The fourth-order valence-electron chi connectivity index (χ4n) is 2.37. The minimum absolute atomic E-state index is 0.0347. The average molecular weight is 296 g/mol. The monoisotopic (exact) mass is 295 g/mol. The van der Waals surface area contributed by atoms with Crippen LogP contribution in [0.1, 0.15) is 41.6 Å². The highest BCUT2D eigenvalue weighted by Gasteiger charge is 2.17. The molecular formula is C14H18BrNO. The normalized spacial score (nSPS) is 16.1. The van der Waals surface area contributed by atoms with Gasteiger partial charge in [0, 0.05) is 11.0 Å². The zero-order valence-electron chi connectivity index (χ0n) is 10.1. The molecule has 1 aliphatic carbocycles. The molecule has 0 unspecified atom stereocenters. The molecule has 2 rings (SSSR count). The molecule has 3 heteroatoms. The van der Waals surface area contributed by atoms with E-state index in [4.69, 9.17) is 0 Å². The first-order valence-corrected chi connectivity index (χ1v) is 7.01. The number of halogens is 1. The maximum absolute atomic E-state index is 12.0. The van der Waals surface area contributed by atoms with E-state index in [0.717, 1.165) is 22.1 Å². The summed E-state index contributed by atoms with van der Waals surface area (Å²) in [5.41, 5.74) is 1.83. The van der Waals surface area contributed by atoms with Crippen LogP contribution in [0.5, 0.6) is 0 Å². The summed E-state index contributed by atoms with van der Waals surface area (Å²) >= 11 is 3.47. The number of hydrogen-bond donors (Lipinski definition) is 1. The van der Waals surface area contributed by atoms with Gasteiger partial charge in [0.1, 0.15) is 0 Å². The lowest BCUT2D eigenvalue weighted by Gasteiger charge is -2.12. The van der Waals surface area contributed by atoms with Crippen LogP contribution in [-0.2, 0) is 0 Å². The summed E-state index contributed by atoms with van der Waals surface area (Å²) in [6, 6.07) is 5.78. The van der Waals surface area contributed by atoms with Gasteiger partial charge in [-0.1, -0.05) is 25.0 Å². The Hall–Kier alpha value is -0.830. The lowest BCUT2D eigenvalue weighted by molar-refractivity contribution is 0.0946. The van der Waals surface area contributed by atoms with Gasteiger partial charge in [0.05, 0.1) is 5.56 Å². The smallest absolute Gasteiger partial charge is 0.252 e. The van der Waals surface area contributed by atoms with E-state index in [9.17, 15) is 4.79 Å². The predicted molar refractivity (Wildman–Crippen MR) is 73.2 cm³/mol. The van der Waals surface area contributed by atoms with Crippen LogP contribution in [0.2, 0.25) is 0 Å². The molecule has 0 heterocycles. The topological polar surface area (TPSA) is 29.1 Å². The van der Waals surface area contributed by atoms with Crippen molar-refractivity contribution in [3.05, 3.63) is 33.8 Å². The molecule has 1 aliphatic rings. The number of amides is 1. The van der Waals surface area contributed by atoms with Crippen LogP contribution in [0.3, 0.4) is 0 Å². The Morgan fingerprint density at radius 1 is 1.41 bits per heavy atom. The second-order valence-electron chi connectivity index (χ2n) is 4.80. The van der Waals surface area contributed by atoms with E-state index < -0.39 is 0 Å². The van der Waals surface area contributed by atoms with E-state index >= 15 is 0 Å². The third-order valence-corrected chi connectivity index (χ3v) is 4.52. The van der Waals surface area contributed by atoms with Gasteiger partial charge in [-0.2, -0.15) is 0 Å². The Balaban J connectivity index is 1.97.